The van der Waals surface area contributed by atoms with Gasteiger partial charge in [0.05, 0.1) is 12.2 Å². The third-order valence-electron chi connectivity index (χ3n) is 4.57. The molecule has 0 aliphatic carbocycles. The van der Waals surface area contributed by atoms with Crippen molar-refractivity contribution in [1.29, 1.82) is 0 Å². The number of aliphatic hydroxyl groups is 1. The highest BCUT2D eigenvalue weighted by atomic mass is 16.5. The van der Waals surface area contributed by atoms with Gasteiger partial charge in [-0.2, -0.15) is 0 Å². The molecule has 0 spiro atoms. The fourth-order valence-corrected chi connectivity index (χ4v) is 3.35. The number of hydrogen-bond donors (Lipinski definition) is 1. The monoisotopic (exact) mass is 358 g/mol. The minimum atomic E-state index is -0.970. The smallest absolute Gasteiger partial charge is 0.292 e. The Kier molecular flexibility index (Phi) is 5.27. The third-order valence-corrected chi connectivity index (χ3v) is 4.57. The second kappa shape index (κ2) is 7.45. The topological polar surface area (TPSA) is 82.7 Å². The van der Waals surface area contributed by atoms with Gasteiger partial charge in [-0.3, -0.25) is 4.79 Å². The highest BCUT2D eigenvalue weighted by molar-refractivity contribution is 5.91. The molecule has 0 saturated carbocycles. The van der Waals surface area contributed by atoms with E-state index < -0.39 is 5.60 Å². The molecule has 0 aromatic carbocycles. The highest BCUT2D eigenvalue weighted by Crippen LogP contribution is 2.26. The maximum absolute atomic E-state index is 12.6. The van der Waals surface area contributed by atoms with Gasteiger partial charge in [0, 0.05) is 32.4 Å². The van der Waals surface area contributed by atoms with E-state index in [4.69, 9.17) is 4.52 Å². The van der Waals surface area contributed by atoms with Gasteiger partial charge in [-0.1, -0.05) is 25.1 Å². The van der Waals surface area contributed by atoms with Gasteiger partial charge in [0.1, 0.15) is 11.4 Å². The first-order chi connectivity index (χ1) is 12.4. The molecular formula is C19H26N4O3. The molecule has 7 nitrogen and oxygen atoms in total. The molecule has 0 radical (unpaired) electrons. The molecule has 0 bridgehead atoms. The van der Waals surface area contributed by atoms with Crippen LogP contribution in [0.2, 0.25) is 0 Å². The summed E-state index contributed by atoms with van der Waals surface area (Å²) in [5.41, 5.74) is -0.194. The van der Waals surface area contributed by atoms with Gasteiger partial charge in [0.2, 0.25) is 5.76 Å². The molecule has 1 N–H and O–H groups in total. The van der Waals surface area contributed by atoms with Crippen molar-refractivity contribution in [3.05, 3.63) is 41.9 Å². The number of aromatic nitrogens is 2. The first-order valence-corrected chi connectivity index (χ1v) is 8.96. The van der Waals surface area contributed by atoms with Gasteiger partial charge >= 0.3 is 0 Å². The summed E-state index contributed by atoms with van der Waals surface area (Å²) >= 11 is 0. The van der Waals surface area contributed by atoms with Gasteiger partial charge < -0.3 is 19.4 Å². The van der Waals surface area contributed by atoms with E-state index in [0.717, 1.165) is 17.9 Å². The van der Waals surface area contributed by atoms with Crippen LogP contribution in [0.1, 0.15) is 36.5 Å². The van der Waals surface area contributed by atoms with E-state index in [-0.39, 0.29) is 18.2 Å². The molecule has 1 unspecified atom stereocenters. The molecule has 1 aliphatic heterocycles. The first kappa shape index (κ1) is 18.4. The highest BCUT2D eigenvalue weighted by Gasteiger charge is 2.39. The van der Waals surface area contributed by atoms with Crippen LogP contribution in [0.15, 0.2) is 35.0 Å². The number of likely N-dealkylation sites (N-methyl/N-ethyl adjacent to an activating group) is 1. The van der Waals surface area contributed by atoms with Crippen LogP contribution in [0, 0.1) is 5.92 Å². The number of pyridine rings is 1. The molecule has 2 aromatic heterocycles. The number of anilines is 1. The van der Waals surface area contributed by atoms with Crippen LogP contribution in [0.3, 0.4) is 0 Å². The molecule has 1 saturated heterocycles. The number of carbonyl (C=O) groups is 1. The fourth-order valence-electron chi connectivity index (χ4n) is 3.35. The molecule has 1 aliphatic rings. The molecule has 3 rings (SSSR count). The van der Waals surface area contributed by atoms with E-state index in [0.29, 0.717) is 25.4 Å². The summed E-state index contributed by atoms with van der Waals surface area (Å²) < 4.78 is 5.19. The van der Waals surface area contributed by atoms with Crippen LogP contribution >= 0.6 is 0 Å². The summed E-state index contributed by atoms with van der Waals surface area (Å²) in [6.45, 7) is 5.55. The Hall–Kier alpha value is -2.41. The lowest BCUT2D eigenvalue weighted by molar-refractivity contribution is 0.0248. The lowest BCUT2D eigenvalue weighted by atomic mass is 10.0. The Morgan fingerprint density at radius 1 is 1.46 bits per heavy atom. The number of rotatable bonds is 6. The second-order valence-electron chi connectivity index (χ2n) is 7.53. The largest absolute Gasteiger partial charge is 0.386 e. The molecule has 1 fully saturated rings. The first-order valence-electron chi connectivity index (χ1n) is 8.96. The Bertz CT molecular complexity index is 746. The van der Waals surface area contributed by atoms with Crippen LogP contribution in [0.4, 0.5) is 5.82 Å². The second-order valence-corrected chi connectivity index (χ2v) is 7.53. The number of hydrogen-bond acceptors (Lipinski definition) is 6. The van der Waals surface area contributed by atoms with Crippen molar-refractivity contribution in [3.8, 4) is 0 Å². The summed E-state index contributed by atoms with van der Waals surface area (Å²) in [5.74, 6) is 1.23. The zero-order valence-corrected chi connectivity index (χ0v) is 15.6. The number of carbonyl (C=O) groups excluding carboxylic acids is 1. The minimum Gasteiger partial charge on any atom is -0.386 e. The van der Waals surface area contributed by atoms with Crippen molar-refractivity contribution >= 4 is 11.7 Å². The third kappa shape index (κ3) is 4.22. The van der Waals surface area contributed by atoms with Crippen molar-refractivity contribution in [2.75, 3.05) is 31.6 Å². The Labute approximate surface area is 153 Å². The van der Waals surface area contributed by atoms with Crippen molar-refractivity contribution in [1.82, 2.24) is 15.0 Å². The molecular weight excluding hydrogens is 332 g/mol. The van der Waals surface area contributed by atoms with Crippen molar-refractivity contribution in [3.63, 3.8) is 0 Å². The van der Waals surface area contributed by atoms with E-state index in [9.17, 15) is 9.90 Å². The van der Waals surface area contributed by atoms with Gasteiger partial charge in [0.15, 0.2) is 0 Å². The molecule has 7 heteroatoms. The zero-order chi connectivity index (χ0) is 18.7. The van der Waals surface area contributed by atoms with Gasteiger partial charge in [-0.15, -0.1) is 0 Å². The van der Waals surface area contributed by atoms with Crippen LogP contribution < -0.4 is 4.90 Å². The van der Waals surface area contributed by atoms with Crippen molar-refractivity contribution in [2.45, 2.75) is 32.3 Å². The van der Waals surface area contributed by atoms with E-state index >= 15 is 0 Å². The number of β-amino-alcohol motifs (C(OH)–C–C–N with tert-alkyl or cyclic N) is 1. The Balaban J connectivity index is 1.61. The molecule has 26 heavy (non-hydrogen) atoms. The zero-order valence-electron chi connectivity index (χ0n) is 15.6. The lowest BCUT2D eigenvalue weighted by Crippen LogP contribution is -2.45. The fraction of sp³-hybridized carbons (Fsp3) is 0.526. The molecule has 3 heterocycles. The molecule has 1 amide bonds. The minimum absolute atomic E-state index is 0.214. The van der Waals surface area contributed by atoms with Crippen molar-refractivity contribution in [2.24, 2.45) is 5.92 Å². The quantitative estimate of drug-likeness (QED) is 0.850. The summed E-state index contributed by atoms with van der Waals surface area (Å²) in [5, 5.41) is 14.9. The van der Waals surface area contributed by atoms with Crippen LogP contribution in [0.25, 0.3) is 0 Å². The molecule has 2 aromatic rings. The van der Waals surface area contributed by atoms with Crippen molar-refractivity contribution < 1.29 is 14.4 Å². The average molecular weight is 358 g/mol. The average Bonchev–Trinajstić information content (AvgIpc) is 3.21. The SMILES string of the molecule is CC(C)Cc1cc(C(=O)N(C)CC2(O)CCN(c3ccccn3)C2)on1. The summed E-state index contributed by atoms with van der Waals surface area (Å²) in [7, 11) is 1.67. The summed E-state index contributed by atoms with van der Waals surface area (Å²) in [4.78, 5) is 20.4. The predicted octanol–water partition coefficient (Wildman–Crippen LogP) is 1.98. The van der Waals surface area contributed by atoms with E-state index in [1.165, 1.54) is 4.90 Å². The Morgan fingerprint density at radius 2 is 2.27 bits per heavy atom. The maximum Gasteiger partial charge on any atom is 0.292 e. The van der Waals surface area contributed by atoms with Gasteiger partial charge in [0.25, 0.3) is 5.91 Å². The summed E-state index contributed by atoms with van der Waals surface area (Å²) in [6, 6.07) is 7.40. The van der Waals surface area contributed by atoms with Crippen LogP contribution in [0.5, 0.6) is 0 Å². The van der Waals surface area contributed by atoms with E-state index in [2.05, 4.69) is 24.0 Å². The standard InChI is InChI=1S/C19H26N4O3/c1-14(2)10-15-11-16(26-21-15)18(24)22(3)12-19(25)7-9-23(13-19)17-6-4-5-8-20-17/h4-6,8,11,14,25H,7,9-10,12-13H2,1-3H3. The van der Waals surface area contributed by atoms with Crippen LogP contribution in [-0.4, -0.2) is 58.3 Å². The predicted molar refractivity (Wildman–Crippen MR) is 98.0 cm³/mol. The Morgan fingerprint density at radius 3 is 2.96 bits per heavy atom. The maximum atomic E-state index is 12.6. The normalized spacial score (nSPS) is 20.0. The number of amides is 1. The lowest BCUT2D eigenvalue weighted by Gasteiger charge is -2.28. The van der Waals surface area contributed by atoms with Gasteiger partial charge in [-0.05, 0) is 30.9 Å². The van der Waals surface area contributed by atoms with Gasteiger partial charge in [-0.25, -0.2) is 4.98 Å². The molecule has 140 valence electrons. The molecule has 1 atom stereocenters. The summed E-state index contributed by atoms with van der Waals surface area (Å²) in [6.07, 6.45) is 3.08. The van der Waals surface area contributed by atoms with E-state index in [1.54, 1.807) is 19.3 Å². The van der Waals surface area contributed by atoms with E-state index in [1.807, 2.05) is 23.1 Å². The van der Waals surface area contributed by atoms with Crippen LogP contribution in [-0.2, 0) is 6.42 Å². The number of nitrogens with zero attached hydrogens (tertiary/aromatic N) is 4.